The second-order valence-corrected chi connectivity index (χ2v) is 16.5. The number of ketones is 1. The highest BCUT2D eigenvalue weighted by atomic mass is 16.6. The zero-order valence-corrected chi connectivity index (χ0v) is 39.9. The number of carbonyl (C=O) groups excluding carboxylic acids is 4. The van der Waals surface area contributed by atoms with Gasteiger partial charge in [-0.2, -0.15) is 0 Å². The predicted octanol–water partition coefficient (Wildman–Crippen LogP) is 13.1. The van der Waals surface area contributed by atoms with Crippen LogP contribution in [0.2, 0.25) is 6.32 Å². The Kier molecular flexibility index (Phi) is 41.8. The molecule has 2 radical (unpaired) electrons. The molecular weight excluding hydrogens is 783 g/mol. The molecule has 0 aliphatic carbocycles. The largest absolute Gasteiger partial charge is 0.481 e. The van der Waals surface area contributed by atoms with E-state index in [1.54, 1.807) is 6.92 Å². The molecule has 10 nitrogen and oxygen atoms in total. The van der Waals surface area contributed by atoms with Crippen LogP contribution in [0, 0.1) is 23.7 Å². The number of unbranched alkanes of at least 4 members (excludes halogenated alkanes) is 16. The van der Waals surface area contributed by atoms with Gasteiger partial charge in [-0.15, -0.1) is 0 Å². The van der Waals surface area contributed by atoms with E-state index < -0.39 is 23.8 Å². The summed E-state index contributed by atoms with van der Waals surface area (Å²) in [4.78, 5) is 68.7. The van der Waals surface area contributed by atoms with Crippen LogP contribution in [0.15, 0.2) is 36.5 Å². The van der Waals surface area contributed by atoms with Crippen LogP contribution in [0.4, 0.5) is 0 Å². The van der Waals surface area contributed by atoms with Crippen molar-refractivity contribution in [2.75, 3.05) is 0 Å². The van der Waals surface area contributed by atoms with Crippen LogP contribution < -0.4 is 0 Å². The van der Waals surface area contributed by atoms with Gasteiger partial charge >= 0.3 is 29.8 Å². The molecule has 11 heteroatoms. The molecule has 1 heterocycles. The van der Waals surface area contributed by atoms with Crippen LogP contribution >= 0.6 is 0 Å². The molecule has 5 atom stereocenters. The predicted molar refractivity (Wildman–Crippen MR) is 252 cm³/mol. The van der Waals surface area contributed by atoms with Crippen LogP contribution in [0.25, 0.3) is 0 Å². The Bertz CT molecular complexity index is 1270. The fourth-order valence-corrected chi connectivity index (χ4v) is 7.33. The summed E-state index contributed by atoms with van der Waals surface area (Å²) in [6.07, 6.45) is 37.1. The van der Waals surface area contributed by atoms with E-state index in [1.807, 2.05) is 39.0 Å². The number of carboxylic acids is 2. The van der Waals surface area contributed by atoms with Crippen molar-refractivity contribution in [3.8, 4) is 0 Å². The van der Waals surface area contributed by atoms with E-state index >= 15 is 0 Å². The average Bonchev–Trinajstić information content (AvgIpc) is 3.59. The molecule has 1 aliphatic heterocycles. The molecule has 0 bridgehead atoms. The molecule has 0 amide bonds. The maximum absolute atomic E-state index is 12.0. The molecule has 5 unspecified atom stereocenters. The third-order valence-electron chi connectivity index (χ3n) is 11.1. The number of cyclic esters (lactones) is 2. The van der Waals surface area contributed by atoms with Gasteiger partial charge in [0.05, 0.1) is 38.6 Å². The number of Topliss-reactive ketones (excluding diaryl/α,β-unsaturated/α-hetero) is 1. The first-order chi connectivity index (χ1) is 29.9. The molecular formula is C51H87BO10. The number of carbonyl (C=O) groups is 6. The minimum atomic E-state index is -1.07. The number of allylic oxidation sites excluding steroid dienone is 6. The highest BCUT2D eigenvalue weighted by Gasteiger charge is 2.37. The van der Waals surface area contributed by atoms with Crippen molar-refractivity contribution in [3.63, 3.8) is 0 Å². The van der Waals surface area contributed by atoms with Gasteiger partial charge in [0, 0.05) is 12.8 Å². The highest BCUT2D eigenvalue weighted by Crippen LogP contribution is 2.30. The molecule has 62 heavy (non-hydrogen) atoms. The second-order valence-electron chi connectivity index (χ2n) is 16.5. The van der Waals surface area contributed by atoms with Gasteiger partial charge in [0.15, 0.2) is 0 Å². The summed E-state index contributed by atoms with van der Waals surface area (Å²) in [6, 6.07) is 0. The summed E-state index contributed by atoms with van der Waals surface area (Å²) < 4.78 is 10.1. The Balaban J connectivity index is 0. The maximum atomic E-state index is 12.0. The van der Waals surface area contributed by atoms with Gasteiger partial charge in [-0.05, 0) is 76.5 Å². The Morgan fingerprint density at radius 2 is 1.27 bits per heavy atom. The Morgan fingerprint density at radius 1 is 0.726 bits per heavy atom. The monoisotopic (exact) mass is 871 g/mol. The molecule has 1 rings (SSSR count). The van der Waals surface area contributed by atoms with Gasteiger partial charge in [0.1, 0.15) is 5.78 Å². The number of esters is 3. The SMILES string of the molecule is CC.CCCCCC(/C=C/C=C\CCCCCCCC(C)=O)C(CC(=O)O)C(=O)O.[B]CC(CC)OC(=O)CCCCCC/C=C/C(CCCCCCCC)C1CC(=O)OC1=O. The van der Waals surface area contributed by atoms with Crippen molar-refractivity contribution < 1.29 is 48.5 Å². The molecule has 0 aromatic heterocycles. The van der Waals surface area contributed by atoms with E-state index in [0.717, 1.165) is 109 Å². The van der Waals surface area contributed by atoms with Gasteiger partial charge in [-0.3, -0.25) is 24.0 Å². The van der Waals surface area contributed by atoms with Gasteiger partial charge < -0.3 is 24.5 Å². The lowest BCUT2D eigenvalue weighted by molar-refractivity contribution is -0.153. The van der Waals surface area contributed by atoms with Crippen molar-refractivity contribution in [2.45, 2.75) is 227 Å². The summed E-state index contributed by atoms with van der Waals surface area (Å²) in [6.45, 7) is 11.9. The number of carboxylic acid groups (broad SMARTS) is 2. The Hall–Kier alpha value is -3.50. The van der Waals surface area contributed by atoms with Crippen molar-refractivity contribution in [3.05, 3.63) is 36.5 Å². The topological polar surface area (TPSA) is 161 Å². The number of aliphatic carboxylic acids is 2. The van der Waals surface area contributed by atoms with E-state index in [2.05, 4.69) is 32.1 Å². The van der Waals surface area contributed by atoms with Crippen LogP contribution in [0.1, 0.15) is 215 Å². The van der Waals surface area contributed by atoms with Crippen molar-refractivity contribution >= 4 is 43.5 Å². The van der Waals surface area contributed by atoms with Gasteiger partial charge in [0.2, 0.25) is 0 Å². The second kappa shape index (κ2) is 42.8. The molecule has 0 saturated carbocycles. The van der Waals surface area contributed by atoms with Crippen LogP contribution in [-0.2, 0) is 38.2 Å². The van der Waals surface area contributed by atoms with Crippen molar-refractivity contribution in [2.24, 2.45) is 23.7 Å². The van der Waals surface area contributed by atoms with Gasteiger partial charge in [-0.25, -0.2) is 0 Å². The first-order valence-electron chi connectivity index (χ1n) is 24.5. The van der Waals surface area contributed by atoms with E-state index in [9.17, 15) is 33.9 Å². The van der Waals surface area contributed by atoms with E-state index in [0.29, 0.717) is 25.6 Å². The average molecular weight is 871 g/mol. The molecule has 1 saturated heterocycles. The fraction of sp³-hybridized carbons (Fsp3) is 0.765. The Labute approximate surface area is 378 Å². The zero-order chi connectivity index (χ0) is 46.8. The number of rotatable bonds is 37. The van der Waals surface area contributed by atoms with Crippen LogP contribution in [0.5, 0.6) is 0 Å². The molecule has 354 valence electrons. The lowest BCUT2D eigenvalue weighted by Crippen LogP contribution is -2.25. The third kappa shape index (κ3) is 35.0. The first-order valence-corrected chi connectivity index (χ1v) is 24.5. The molecule has 0 aromatic carbocycles. The molecule has 2 N–H and O–H groups in total. The van der Waals surface area contributed by atoms with E-state index in [-0.39, 0.29) is 54.4 Å². The number of hydrogen-bond donors (Lipinski definition) is 2. The molecule has 0 aromatic rings. The minimum absolute atomic E-state index is 0.0870. The summed E-state index contributed by atoms with van der Waals surface area (Å²) in [5, 5.41) is 18.4. The van der Waals surface area contributed by atoms with Crippen molar-refractivity contribution in [1.29, 1.82) is 0 Å². The quantitative estimate of drug-likeness (QED) is 0.0153. The van der Waals surface area contributed by atoms with Crippen LogP contribution in [0.3, 0.4) is 0 Å². The highest BCUT2D eigenvalue weighted by molar-refractivity contribution is 6.08. The summed E-state index contributed by atoms with van der Waals surface area (Å²) in [5.74, 6) is -4.12. The molecule has 1 fully saturated rings. The van der Waals surface area contributed by atoms with Crippen LogP contribution in [-0.4, -0.2) is 59.8 Å². The van der Waals surface area contributed by atoms with E-state index in [4.69, 9.17) is 22.4 Å². The maximum Gasteiger partial charge on any atom is 0.317 e. The van der Waals surface area contributed by atoms with Crippen molar-refractivity contribution in [1.82, 2.24) is 0 Å². The molecule has 1 aliphatic rings. The molecule has 0 spiro atoms. The smallest absolute Gasteiger partial charge is 0.317 e. The number of hydrogen-bond acceptors (Lipinski definition) is 8. The summed E-state index contributed by atoms with van der Waals surface area (Å²) in [7, 11) is 5.56. The lowest BCUT2D eigenvalue weighted by atomic mass is 9.85. The Morgan fingerprint density at radius 3 is 1.82 bits per heavy atom. The van der Waals surface area contributed by atoms with E-state index in [1.165, 1.54) is 32.1 Å². The zero-order valence-electron chi connectivity index (χ0n) is 39.9. The van der Waals surface area contributed by atoms with Gasteiger partial charge in [-0.1, -0.05) is 167 Å². The number of ether oxygens (including phenoxy) is 2. The summed E-state index contributed by atoms with van der Waals surface area (Å²) in [5.41, 5.74) is 0. The fourth-order valence-electron chi connectivity index (χ4n) is 7.33. The lowest BCUT2D eigenvalue weighted by Gasteiger charge is -2.19. The van der Waals surface area contributed by atoms with Gasteiger partial charge in [0.25, 0.3) is 0 Å². The summed E-state index contributed by atoms with van der Waals surface area (Å²) >= 11 is 0. The normalized spacial score (nSPS) is 15.7. The minimum Gasteiger partial charge on any atom is -0.481 e. The first kappa shape index (κ1) is 60.6. The standard InChI is InChI=1S/C26H43BO5.C23H38O5.C2H6/c1-3-5-6-7-10-13-16-21(23-19-25(29)32-26(23)30)17-14-11-8-9-12-15-18-24(28)31-22(4-2)20-27;1-3-4-12-16-20(21(23(27)28)18-22(25)26)17-14-11-9-7-5-6-8-10-13-15-19(2)24;1-2/h14,17,21-23H,3-13,15-16,18-20H2,1-2H3;9,11,14,17,20-21H,3-8,10,12-13,15-16,18H2,1-2H3,(H,25,26)(H,27,28);1-2H3/b17-14+;11-9-,17-14+;. The third-order valence-corrected chi connectivity index (χ3v) is 11.1.